The fourth-order valence-electron chi connectivity index (χ4n) is 1.23. The Morgan fingerprint density at radius 2 is 1.94 bits per heavy atom. The number of carbonyl (C=O) groups is 2. The van der Waals surface area contributed by atoms with Gasteiger partial charge >= 0.3 is 6.03 Å². The van der Waals surface area contributed by atoms with E-state index in [2.05, 4.69) is 5.73 Å². The van der Waals surface area contributed by atoms with Gasteiger partial charge in [0, 0.05) is 0 Å². The second kappa shape index (κ2) is 5.00. The van der Waals surface area contributed by atoms with Gasteiger partial charge < -0.3 is 11.5 Å². The molecule has 1 rings (SSSR count). The van der Waals surface area contributed by atoms with Crippen LogP contribution in [0.4, 0.5) is 14.9 Å². The highest BCUT2D eigenvalue weighted by Crippen LogP contribution is 2.20. The highest BCUT2D eigenvalue weighted by Gasteiger charge is 2.22. The summed E-state index contributed by atoms with van der Waals surface area (Å²) in [6.45, 7) is 0. The van der Waals surface area contributed by atoms with Gasteiger partial charge in [-0.1, -0.05) is 0 Å². The topological polar surface area (TPSA) is 132 Å². The molecule has 9 heteroatoms. The molecule has 7 nitrogen and oxygen atoms in total. The molecule has 0 atom stereocenters. The maximum Gasteiger partial charge on any atom is 0.318 e. The monoisotopic (exact) mass is 275 g/mol. The Hall–Kier alpha value is -2.16. The van der Waals surface area contributed by atoms with Gasteiger partial charge in [0.15, 0.2) is 9.84 Å². The molecular formula is C9H10FN3O4S. The van der Waals surface area contributed by atoms with Crippen LogP contribution in [0.2, 0.25) is 0 Å². The normalized spacial score (nSPS) is 10.9. The average Bonchev–Trinajstić information content (AvgIpc) is 2.13. The number of amides is 3. The van der Waals surface area contributed by atoms with Crippen molar-refractivity contribution < 1.29 is 22.4 Å². The SMILES string of the molecule is NC(=O)NC(=O)CS(=O)(=O)c1ccc(F)cc1N. The molecule has 1 aromatic carbocycles. The maximum absolute atomic E-state index is 12.8. The zero-order valence-electron chi connectivity index (χ0n) is 9.01. The van der Waals surface area contributed by atoms with Crippen molar-refractivity contribution in [3.63, 3.8) is 0 Å². The number of sulfone groups is 1. The van der Waals surface area contributed by atoms with Crippen LogP contribution in [-0.2, 0) is 14.6 Å². The lowest BCUT2D eigenvalue weighted by atomic mass is 10.3. The van der Waals surface area contributed by atoms with Crippen LogP contribution in [0.1, 0.15) is 0 Å². The maximum atomic E-state index is 12.8. The summed E-state index contributed by atoms with van der Waals surface area (Å²) in [5, 5.41) is 1.61. The summed E-state index contributed by atoms with van der Waals surface area (Å²) in [5.74, 6) is -2.80. The van der Waals surface area contributed by atoms with Crippen LogP contribution in [0.5, 0.6) is 0 Å². The number of urea groups is 1. The number of primary amides is 1. The average molecular weight is 275 g/mol. The van der Waals surface area contributed by atoms with E-state index in [9.17, 15) is 22.4 Å². The first-order chi connectivity index (χ1) is 8.22. The first-order valence-electron chi connectivity index (χ1n) is 4.59. The molecule has 0 fully saturated rings. The molecule has 0 aliphatic rings. The van der Waals surface area contributed by atoms with Crippen LogP contribution in [0.25, 0.3) is 0 Å². The summed E-state index contributed by atoms with van der Waals surface area (Å²) in [4.78, 5) is 21.1. The van der Waals surface area contributed by atoms with Gasteiger partial charge in [-0.25, -0.2) is 17.6 Å². The molecule has 0 aromatic heterocycles. The Labute approximate surface area is 102 Å². The summed E-state index contributed by atoms with van der Waals surface area (Å²) in [6, 6.07) is 1.49. The Bertz CT molecular complexity index is 600. The molecule has 0 saturated heterocycles. The van der Waals surface area contributed by atoms with Gasteiger partial charge in [0.25, 0.3) is 0 Å². The largest absolute Gasteiger partial charge is 0.398 e. The quantitative estimate of drug-likeness (QED) is 0.499. The smallest absolute Gasteiger partial charge is 0.318 e. The summed E-state index contributed by atoms with van der Waals surface area (Å²) < 4.78 is 36.2. The number of imide groups is 1. The second-order valence-electron chi connectivity index (χ2n) is 3.35. The summed E-state index contributed by atoms with van der Waals surface area (Å²) in [5.41, 5.74) is 9.68. The van der Waals surface area contributed by atoms with Crippen molar-refractivity contribution in [2.45, 2.75) is 4.90 Å². The Morgan fingerprint density at radius 1 is 1.33 bits per heavy atom. The van der Waals surface area contributed by atoms with Gasteiger partial charge in [0.2, 0.25) is 5.91 Å². The minimum Gasteiger partial charge on any atom is -0.398 e. The lowest BCUT2D eigenvalue weighted by Gasteiger charge is -2.06. The van der Waals surface area contributed by atoms with E-state index in [-0.39, 0.29) is 10.6 Å². The fraction of sp³-hybridized carbons (Fsp3) is 0.111. The lowest BCUT2D eigenvalue weighted by molar-refractivity contribution is -0.117. The molecule has 18 heavy (non-hydrogen) atoms. The zero-order valence-corrected chi connectivity index (χ0v) is 9.83. The van der Waals surface area contributed by atoms with E-state index in [0.29, 0.717) is 0 Å². The summed E-state index contributed by atoms with van der Waals surface area (Å²) in [6.07, 6.45) is 0. The second-order valence-corrected chi connectivity index (χ2v) is 5.31. The van der Waals surface area contributed by atoms with Gasteiger partial charge in [0.1, 0.15) is 11.6 Å². The molecule has 0 aliphatic carbocycles. The van der Waals surface area contributed by atoms with Crippen molar-refractivity contribution in [3.8, 4) is 0 Å². The number of benzene rings is 1. The van der Waals surface area contributed by atoms with Gasteiger partial charge in [-0.3, -0.25) is 10.1 Å². The standard InChI is InChI=1S/C9H10FN3O4S/c10-5-1-2-7(6(11)3-5)18(16,17)4-8(14)13-9(12)15/h1-3H,4,11H2,(H3,12,13,14,15). The van der Waals surface area contributed by atoms with Gasteiger partial charge in [-0.2, -0.15) is 0 Å². The minimum atomic E-state index is -4.06. The van der Waals surface area contributed by atoms with E-state index in [0.717, 1.165) is 18.2 Å². The number of nitrogens with two attached hydrogens (primary N) is 2. The summed E-state index contributed by atoms with van der Waals surface area (Å²) >= 11 is 0. The third kappa shape index (κ3) is 3.42. The Morgan fingerprint density at radius 3 is 2.44 bits per heavy atom. The van der Waals surface area contributed by atoms with Gasteiger partial charge in [0.05, 0.1) is 10.6 Å². The highest BCUT2D eigenvalue weighted by atomic mass is 32.2. The third-order valence-electron chi connectivity index (χ3n) is 1.89. The molecule has 0 unspecified atom stereocenters. The molecule has 0 aliphatic heterocycles. The molecule has 98 valence electrons. The van der Waals surface area contributed by atoms with Crippen molar-refractivity contribution in [1.82, 2.24) is 5.32 Å². The van der Waals surface area contributed by atoms with E-state index in [4.69, 9.17) is 5.73 Å². The number of halogens is 1. The van der Waals surface area contributed by atoms with E-state index in [1.54, 1.807) is 5.32 Å². The fourth-order valence-corrected chi connectivity index (χ4v) is 2.49. The number of rotatable bonds is 3. The third-order valence-corrected chi connectivity index (χ3v) is 3.57. The number of nitrogens with one attached hydrogen (secondary N) is 1. The number of carbonyl (C=O) groups excluding carboxylic acids is 2. The molecular weight excluding hydrogens is 265 g/mol. The predicted octanol–water partition coefficient (Wildman–Crippen LogP) is -0.624. The van der Waals surface area contributed by atoms with Crippen molar-refractivity contribution in [3.05, 3.63) is 24.0 Å². The van der Waals surface area contributed by atoms with Crippen LogP contribution >= 0.6 is 0 Å². The Balaban J connectivity index is 3.00. The summed E-state index contributed by atoms with van der Waals surface area (Å²) in [7, 11) is -4.06. The molecule has 3 amide bonds. The molecule has 0 radical (unpaired) electrons. The number of hydrogen-bond acceptors (Lipinski definition) is 5. The van der Waals surface area contributed by atoms with E-state index in [1.807, 2.05) is 0 Å². The van der Waals surface area contributed by atoms with Gasteiger partial charge in [-0.15, -0.1) is 0 Å². The minimum absolute atomic E-state index is 0.318. The lowest BCUT2D eigenvalue weighted by Crippen LogP contribution is -2.38. The first kappa shape index (κ1) is 13.9. The first-order valence-corrected chi connectivity index (χ1v) is 6.24. The van der Waals surface area contributed by atoms with Crippen molar-refractivity contribution in [1.29, 1.82) is 0 Å². The Kier molecular flexibility index (Phi) is 3.86. The predicted molar refractivity (Wildman–Crippen MR) is 60.6 cm³/mol. The van der Waals surface area contributed by atoms with Crippen LogP contribution in [0.3, 0.4) is 0 Å². The molecule has 5 N–H and O–H groups in total. The van der Waals surface area contributed by atoms with Gasteiger partial charge in [-0.05, 0) is 18.2 Å². The van der Waals surface area contributed by atoms with Crippen LogP contribution < -0.4 is 16.8 Å². The van der Waals surface area contributed by atoms with Crippen molar-refractivity contribution in [2.24, 2.45) is 5.73 Å². The molecule has 1 aromatic rings. The molecule has 0 bridgehead atoms. The van der Waals surface area contributed by atoms with Crippen LogP contribution in [0.15, 0.2) is 23.1 Å². The van der Waals surface area contributed by atoms with Crippen molar-refractivity contribution in [2.75, 3.05) is 11.5 Å². The molecule has 0 spiro atoms. The zero-order chi connectivity index (χ0) is 13.9. The van der Waals surface area contributed by atoms with E-state index < -0.39 is 33.3 Å². The van der Waals surface area contributed by atoms with Crippen molar-refractivity contribution >= 4 is 27.5 Å². The number of anilines is 1. The number of hydrogen-bond donors (Lipinski definition) is 3. The van der Waals surface area contributed by atoms with Crippen LogP contribution in [0, 0.1) is 5.82 Å². The molecule has 0 heterocycles. The van der Waals surface area contributed by atoms with E-state index in [1.165, 1.54) is 0 Å². The van der Waals surface area contributed by atoms with Crippen LogP contribution in [-0.4, -0.2) is 26.1 Å². The van der Waals surface area contributed by atoms with E-state index >= 15 is 0 Å². The highest BCUT2D eigenvalue weighted by molar-refractivity contribution is 7.92. The molecule has 0 saturated carbocycles. The number of nitrogen functional groups attached to an aromatic ring is 1.